The molecule has 0 aliphatic heterocycles. The van der Waals surface area contributed by atoms with Gasteiger partial charge in [0.05, 0.1) is 7.11 Å². The number of hydrogen-bond donors (Lipinski definition) is 2. The van der Waals surface area contributed by atoms with E-state index < -0.39 is 12.0 Å². The van der Waals surface area contributed by atoms with Gasteiger partial charge >= 0.3 is 5.97 Å². The molecule has 1 rings (SSSR count). The van der Waals surface area contributed by atoms with E-state index in [2.05, 4.69) is 5.32 Å². The Morgan fingerprint density at radius 1 is 1.44 bits per heavy atom. The zero-order valence-corrected chi connectivity index (χ0v) is 9.56. The number of ether oxygens (including phenoxy) is 1. The van der Waals surface area contributed by atoms with Crippen LogP contribution >= 0.6 is 0 Å². The van der Waals surface area contributed by atoms with Gasteiger partial charge in [0.2, 0.25) is 0 Å². The maximum Gasteiger partial charge on any atom is 0.326 e. The first-order chi connectivity index (χ1) is 7.67. The van der Waals surface area contributed by atoms with Crippen molar-refractivity contribution in [3.05, 3.63) is 24.3 Å². The summed E-state index contributed by atoms with van der Waals surface area (Å²) in [5.74, 6) is -0.0643. The van der Waals surface area contributed by atoms with Gasteiger partial charge in [-0.15, -0.1) is 0 Å². The third-order valence-electron chi connectivity index (χ3n) is 2.31. The zero-order valence-electron chi connectivity index (χ0n) is 9.56. The van der Waals surface area contributed by atoms with Crippen molar-refractivity contribution in [2.24, 2.45) is 0 Å². The standard InChI is InChI=1S/C12H17NO3/c1-3-4-11(12(14)15)13-9-5-7-10(16-2)8-6-9/h5-8,11,13H,3-4H2,1-2H3,(H,14,15)/t11-/m0/s1. The predicted molar refractivity (Wildman–Crippen MR) is 62.9 cm³/mol. The van der Waals surface area contributed by atoms with Crippen molar-refractivity contribution >= 4 is 11.7 Å². The van der Waals surface area contributed by atoms with Crippen molar-refractivity contribution in [1.29, 1.82) is 0 Å². The molecule has 1 aromatic carbocycles. The molecule has 0 aromatic heterocycles. The lowest BCUT2D eigenvalue weighted by Gasteiger charge is -2.14. The molecule has 0 unspecified atom stereocenters. The molecule has 0 saturated heterocycles. The highest BCUT2D eigenvalue weighted by molar-refractivity contribution is 5.77. The molecule has 1 atom stereocenters. The van der Waals surface area contributed by atoms with Crippen LogP contribution in [0.4, 0.5) is 5.69 Å². The number of rotatable bonds is 6. The summed E-state index contributed by atoms with van der Waals surface area (Å²) in [7, 11) is 1.60. The molecule has 88 valence electrons. The number of carboxylic acid groups (broad SMARTS) is 1. The highest BCUT2D eigenvalue weighted by Gasteiger charge is 2.15. The molecule has 4 nitrogen and oxygen atoms in total. The number of anilines is 1. The number of benzene rings is 1. The van der Waals surface area contributed by atoms with E-state index in [-0.39, 0.29) is 0 Å². The Bertz CT molecular complexity index is 335. The maximum absolute atomic E-state index is 10.9. The SMILES string of the molecule is CCC[C@H](Nc1ccc(OC)cc1)C(=O)O. The predicted octanol–water partition coefficient (Wildman–Crippen LogP) is 2.36. The quantitative estimate of drug-likeness (QED) is 0.777. The van der Waals surface area contributed by atoms with Gasteiger partial charge in [-0.05, 0) is 30.7 Å². The van der Waals surface area contributed by atoms with E-state index in [1.165, 1.54) is 0 Å². The van der Waals surface area contributed by atoms with E-state index in [4.69, 9.17) is 9.84 Å². The highest BCUT2D eigenvalue weighted by Crippen LogP contribution is 2.16. The van der Waals surface area contributed by atoms with Gasteiger partial charge in [0.15, 0.2) is 0 Å². The van der Waals surface area contributed by atoms with Gasteiger partial charge in [0.1, 0.15) is 11.8 Å². The minimum atomic E-state index is -0.822. The van der Waals surface area contributed by atoms with Crippen LogP contribution in [0.5, 0.6) is 5.75 Å². The van der Waals surface area contributed by atoms with Gasteiger partial charge in [-0.25, -0.2) is 4.79 Å². The fourth-order valence-electron chi connectivity index (χ4n) is 1.43. The van der Waals surface area contributed by atoms with Gasteiger partial charge in [0, 0.05) is 5.69 Å². The molecule has 0 spiro atoms. The summed E-state index contributed by atoms with van der Waals surface area (Å²) in [5, 5.41) is 12.0. The van der Waals surface area contributed by atoms with E-state index in [0.29, 0.717) is 6.42 Å². The van der Waals surface area contributed by atoms with E-state index >= 15 is 0 Å². The lowest BCUT2D eigenvalue weighted by Crippen LogP contribution is -2.28. The Kier molecular flexibility index (Phi) is 4.64. The number of nitrogens with one attached hydrogen (secondary N) is 1. The number of methoxy groups -OCH3 is 1. The number of aliphatic carboxylic acids is 1. The first-order valence-corrected chi connectivity index (χ1v) is 5.30. The molecule has 1 aromatic rings. The maximum atomic E-state index is 10.9. The molecular weight excluding hydrogens is 206 g/mol. The Morgan fingerprint density at radius 2 is 2.06 bits per heavy atom. The van der Waals surface area contributed by atoms with Gasteiger partial charge < -0.3 is 15.2 Å². The first kappa shape index (κ1) is 12.4. The van der Waals surface area contributed by atoms with Crippen LogP contribution < -0.4 is 10.1 Å². The van der Waals surface area contributed by atoms with Crippen LogP contribution in [0, 0.1) is 0 Å². The van der Waals surface area contributed by atoms with Crippen molar-refractivity contribution in [3.63, 3.8) is 0 Å². The first-order valence-electron chi connectivity index (χ1n) is 5.30. The third-order valence-corrected chi connectivity index (χ3v) is 2.31. The highest BCUT2D eigenvalue weighted by atomic mass is 16.5. The third kappa shape index (κ3) is 3.46. The summed E-state index contributed by atoms with van der Waals surface area (Å²) < 4.78 is 5.03. The summed E-state index contributed by atoms with van der Waals surface area (Å²) in [5.41, 5.74) is 0.793. The van der Waals surface area contributed by atoms with E-state index in [0.717, 1.165) is 17.9 Å². The van der Waals surface area contributed by atoms with Crippen LogP contribution in [0.15, 0.2) is 24.3 Å². The molecule has 0 radical (unpaired) electrons. The van der Waals surface area contributed by atoms with Crippen molar-refractivity contribution < 1.29 is 14.6 Å². The topological polar surface area (TPSA) is 58.6 Å². The van der Waals surface area contributed by atoms with Crippen molar-refractivity contribution in [3.8, 4) is 5.75 Å². The molecule has 2 N–H and O–H groups in total. The molecule has 0 aliphatic carbocycles. The molecule has 16 heavy (non-hydrogen) atoms. The fraction of sp³-hybridized carbons (Fsp3) is 0.417. The number of hydrogen-bond acceptors (Lipinski definition) is 3. The Labute approximate surface area is 95.2 Å². The average Bonchev–Trinajstić information content (AvgIpc) is 2.29. The van der Waals surface area contributed by atoms with Gasteiger partial charge in [0.25, 0.3) is 0 Å². The van der Waals surface area contributed by atoms with E-state index in [1.54, 1.807) is 19.2 Å². The number of carboxylic acids is 1. The Balaban J connectivity index is 2.65. The molecule has 0 bridgehead atoms. The molecule has 0 fully saturated rings. The van der Waals surface area contributed by atoms with Crippen LogP contribution in [0.2, 0.25) is 0 Å². The average molecular weight is 223 g/mol. The minimum Gasteiger partial charge on any atom is -0.497 e. The monoisotopic (exact) mass is 223 g/mol. The Morgan fingerprint density at radius 3 is 2.50 bits per heavy atom. The second-order valence-electron chi connectivity index (χ2n) is 3.55. The van der Waals surface area contributed by atoms with Crippen LogP contribution in [0.1, 0.15) is 19.8 Å². The van der Waals surface area contributed by atoms with E-state index in [1.807, 2.05) is 19.1 Å². The Hall–Kier alpha value is -1.71. The zero-order chi connectivity index (χ0) is 12.0. The molecular formula is C12H17NO3. The second kappa shape index (κ2) is 6.00. The minimum absolute atomic E-state index is 0.529. The normalized spacial score (nSPS) is 11.9. The van der Waals surface area contributed by atoms with Gasteiger partial charge in [-0.2, -0.15) is 0 Å². The summed E-state index contributed by atoms with van der Waals surface area (Å²) >= 11 is 0. The van der Waals surface area contributed by atoms with Crippen LogP contribution in [0.25, 0.3) is 0 Å². The largest absolute Gasteiger partial charge is 0.497 e. The molecule has 0 heterocycles. The van der Waals surface area contributed by atoms with Crippen LogP contribution in [0.3, 0.4) is 0 Å². The summed E-state index contributed by atoms with van der Waals surface area (Å²) in [6.45, 7) is 1.96. The molecule has 0 aliphatic rings. The molecule has 0 amide bonds. The number of carbonyl (C=O) groups is 1. The summed E-state index contributed by atoms with van der Waals surface area (Å²) in [6.07, 6.45) is 1.45. The summed E-state index contributed by atoms with van der Waals surface area (Å²) in [4.78, 5) is 10.9. The molecule has 4 heteroatoms. The van der Waals surface area contributed by atoms with E-state index in [9.17, 15) is 4.79 Å². The van der Waals surface area contributed by atoms with Gasteiger partial charge in [-0.3, -0.25) is 0 Å². The van der Waals surface area contributed by atoms with Gasteiger partial charge in [-0.1, -0.05) is 13.3 Å². The lowest BCUT2D eigenvalue weighted by molar-refractivity contribution is -0.138. The second-order valence-corrected chi connectivity index (χ2v) is 3.55. The van der Waals surface area contributed by atoms with Crippen molar-refractivity contribution in [2.75, 3.05) is 12.4 Å². The summed E-state index contributed by atoms with van der Waals surface area (Å²) in [6, 6.07) is 6.69. The smallest absolute Gasteiger partial charge is 0.326 e. The van der Waals surface area contributed by atoms with Crippen LogP contribution in [-0.4, -0.2) is 24.2 Å². The molecule has 0 saturated carbocycles. The lowest BCUT2D eigenvalue weighted by atomic mass is 10.1. The van der Waals surface area contributed by atoms with Crippen LogP contribution in [-0.2, 0) is 4.79 Å². The van der Waals surface area contributed by atoms with Crippen molar-refractivity contribution in [2.45, 2.75) is 25.8 Å². The van der Waals surface area contributed by atoms with Crippen molar-refractivity contribution in [1.82, 2.24) is 0 Å². The fourth-order valence-corrected chi connectivity index (χ4v) is 1.43.